The molecule has 0 heterocycles. The minimum atomic E-state index is -1.13. The Morgan fingerprint density at radius 1 is 0.449 bits per heavy atom. The molecule has 69 heavy (non-hydrogen) atoms. The smallest absolute Gasteiger partial charge is 0.306 e. The first-order chi connectivity index (χ1) is 33.1. The molecule has 0 rings (SSSR count). The molecule has 0 spiro atoms. The minimum Gasteiger partial charge on any atom is -0.466 e. The average Bonchev–Trinajstić information content (AvgIpc) is 3.29. The van der Waals surface area contributed by atoms with Crippen molar-refractivity contribution in [3.8, 4) is 0 Å². The van der Waals surface area contributed by atoms with Gasteiger partial charge in [-0.15, -0.1) is 10.3 Å². The van der Waals surface area contributed by atoms with Gasteiger partial charge in [0, 0.05) is 37.1 Å². The molecule has 0 bridgehead atoms. The Bertz CT molecular complexity index is 1160. The summed E-state index contributed by atoms with van der Waals surface area (Å²) in [4.78, 5) is 42.6. The number of rotatable bonds is 51. The van der Waals surface area contributed by atoms with Crippen molar-refractivity contribution in [3.05, 3.63) is 0 Å². The van der Waals surface area contributed by atoms with Crippen molar-refractivity contribution in [3.63, 3.8) is 0 Å². The van der Waals surface area contributed by atoms with Gasteiger partial charge in [-0.05, 0) is 109 Å². The minimum absolute atomic E-state index is 0.000315. The van der Waals surface area contributed by atoms with Crippen molar-refractivity contribution in [2.75, 3.05) is 72.1 Å². The summed E-state index contributed by atoms with van der Waals surface area (Å²) < 4.78 is 23.8. The second-order valence-corrected chi connectivity index (χ2v) is 26.3. The van der Waals surface area contributed by atoms with Crippen LogP contribution in [0.1, 0.15) is 273 Å². The molecule has 0 aliphatic rings. The Morgan fingerprint density at radius 2 is 0.870 bits per heavy atom. The summed E-state index contributed by atoms with van der Waals surface area (Å²) in [5.74, 6) is 0.642. The van der Waals surface area contributed by atoms with E-state index in [0.29, 0.717) is 39.1 Å². The van der Waals surface area contributed by atoms with E-state index in [2.05, 4.69) is 77.8 Å². The van der Waals surface area contributed by atoms with Gasteiger partial charge in [-0.1, -0.05) is 190 Å². The third-order valence-electron chi connectivity index (χ3n) is 14.1. The third kappa shape index (κ3) is 45.0. The van der Waals surface area contributed by atoms with Gasteiger partial charge < -0.3 is 23.3 Å². The molecule has 0 aromatic heterocycles. The summed E-state index contributed by atoms with van der Waals surface area (Å²) in [6.07, 6.45) is 43.3. The zero-order chi connectivity index (χ0) is 51.3. The van der Waals surface area contributed by atoms with Crippen LogP contribution >= 0.6 is 10.3 Å². The normalized spacial score (nSPS) is 12.5. The number of hydrogen-bond donors (Lipinski definition) is 0. The Kier molecular flexibility index (Phi) is 45.5. The van der Waals surface area contributed by atoms with Crippen molar-refractivity contribution in [1.82, 2.24) is 9.80 Å². The maximum Gasteiger partial charge on any atom is 0.306 e. The predicted molar refractivity (Wildman–Crippen MR) is 299 cm³/mol. The van der Waals surface area contributed by atoms with Gasteiger partial charge >= 0.3 is 17.9 Å². The van der Waals surface area contributed by atoms with E-state index in [4.69, 9.17) is 18.4 Å². The van der Waals surface area contributed by atoms with Gasteiger partial charge in [-0.2, -0.15) is 0 Å². The fourth-order valence-electron chi connectivity index (χ4n) is 8.58. The van der Waals surface area contributed by atoms with Gasteiger partial charge in [0.25, 0.3) is 0 Å². The maximum absolute atomic E-state index is 12.9. The van der Waals surface area contributed by atoms with Crippen LogP contribution in [0.4, 0.5) is 0 Å². The van der Waals surface area contributed by atoms with E-state index in [0.717, 1.165) is 135 Å². The number of carbonyl (C=O) groups excluding carboxylic acids is 3. The summed E-state index contributed by atoms with van der Waals surface area (Å²) >= 11 is 0. The van der Waals surface area contributed by atoms with Crippen LogP contribution in [0.3, 0.4) is 0 Å². The Labute approximate surface area is 431 Å². The summed E-state index contributed by atoms with van der Waals surface area (Å²) in [5, 5.41) is 0. The van der Waals surface area contributed by atoms with Gasteiger partial charge in [-0.25, -0.2) is 0 Å². The molecule has 0 saturated heterocycles. The van der Waals surface area contributed by atoms with Crippen LogP contribution in [0.5, 0.6) is 0 Å². The first-order valence-electron chi connectivity index (χ1n) is 29.4. The zero-order valence-electron chi connectivity index (χ0n) is 47.7. The number of esters is 3. The molecule has 0 aromatic carbocycles. The standard InChI is InChI=1S/C59H118N2O7S/c1-11-13-15-17-24-32-41-55(42-33-25-18-16-14-12-2)68-58(64)44-35-27-22-29-37-48-61(50-52-66-57(63)45-39-46-60(8)49-53-67-69(9,10)59(5,6)7)47-36-28-21-26-34-43-56(62)65-51-38-30-20-19-23-31-40-54(3)4/h54-55H,11-53H2,1-10H3. The van der Waals surface area contributed by atoms with Crippen LogP contribution in [-0.2, 0) is 32.8 Å². The molecule has 0 amide bonds. The fourth-order valence-corrected chi connectivity index (χ4v) is 9.43. The van der Waals surface area contributed by atoms with Crippen LogP contribution in [0.2, 0.25) is 0 Å². The van der Waals surface area contributed by atoms with Crippen molar-refractivity contribution in [2.45, 2.75) is 284 Å². The predicted octanol–water partition coefficient (Wildman–Crippen LogP) is 16.4. The molecule has 0 unspecified atom stereocenters. The molecular weight excluding hydrogens is 881 g/mol. The highest BCUT2D eigenvalue weighted by Crippen LogP contribution is 2.53. The molecule has 9 nitrogen and oxygen atoms in total. The van der Waals surface area contributed by atoms with Crippen LogP contribution in [0, 0.1) is 5.92 Å². The van der Waals surface area contributed by atoms with Crippen LogP contribution in [-0.4, -0.2) is 111 Å². The molecule has 10 heteroatoms. The SMILES string of the molecule is CCCCCCCCC(CCCCCCCC)OC(=O)CCCCCCCN(CCCCCCCC(=O)OCCCCCCCCC(C)C)CCOC(=O)CCCN(C)CCOS(C)(C)C(C)(C)C. The molecule has 0 atom stereocenters. The quantitative estimate of drug-likeness (QED) is 0.0335. The summed E-state index contributed by atoms with van der Waals surface area (Å²) in [7, 11) is 0.965. The van der Waals surface area contributed by atoms with E-state index in [1.807, 2.05) is 0 Å². The van der Waals surface area contributed by atoms with E-state index in [-0.39, 0.29) is 28.8 Å². The lowest BCUT2D eigenvalue weighted by Crippen LogP contribution is -2.31. The molecule has 0 aliphatic heterocycles. The maximum atomic E-state index is 12.9. The lowest BCUT2D eigenvalue weighted by atomic mass is 10.0. The Hall–Kier alpha value is -1.36. The fraction of sp³-hybridized carbons (Fsp3) is 0.949. The first-order valence-corrected chi connectivity index (χ1v) is 31.8. The molecule has 0 aromatic rings. The average molecular weight is 1000 g/mol. The van der Waals surface area contributed by atoms with Gasteiger partial charge in [-0.3, -0.25) is 19.3 Å². The second kappa shape index (κ2) is 46.4. The number of hydrogen-bond acceptors (Lipinski definition) is 9. The summed E-state index contributed by atoms with van der Waals surface area (Å²) in [6, 6.07) is 0. The number of nitrogens with zero attached hydrogens (tertiary/aromatic N) is 2. The molecule has 0 saturated carbocycles. The van der Waals surface area contributed by atoms with Crippen molar-refractivity contribution >= 4 is 28.2 Å². The molecular formula is C59H118N2O7S. The molecule has 0 fully saturated rings. The van der Waals surface area contributed by atoms with E-state index in [1.165, 1.54) is 109 Å². The monoisotopic (exact) mass is 999 g/mol. The van der Waals surface area contributed by atoms with E-state index in [9.17, 15) is 14.4 Å². The highest BCUT2D eigenvalue weighted by molar-refractivity contribution is 8.29. The van der Waals surface area contributed by atoms with E-state index in [1.54, 1.807) is 0 Å². The number of likely N-dealkylation sites (N-methyl/N-ethyl adjacent to an activating group) is 1. The van der Waals surface area contributed by atoms with Gasteiger partial charge in [0.15, 0.2) is 0 Å². The van der Waals surface area contributed by atoms with Crippen molar-refractivity contribution in [2.24, 2.45) is 5.92 Å². The molecule has 0 aliphatic carbocycles. The number of unbranched alkanes of at least 4 members (excludes halogenated alkanes) is 23. The Balaban J connectivity index is 4.70. The van der Waals surface area contributed by atoms with E-state index >= 15 is 0 Å². The summed E-state index contributed by atoms with van der Waals surface area (Å²) in [6.45, 7) is 22.0. The number of carbonyl (C=O) groups is 3. The molecule has 412 valence electrons. The van der Waals surface area contributed by atoms with Gasteiger partial charge in [0.05, 0.1) is 13.2 Å². The van der Waals surface area contributed by atoms with Crippen LogP contribution < -0.4 is 0 Å². The lowest BCUT2D eigenvalue weighted by molar-refractivity contribution is -0.150. The van der Waals surface area contributed by atoms with Crippen molar-refractivity contribution in [1.29, 1.82) is 0 Å². The molecule has 0 N–H and O–H groups in total. The first kappa shape index (κ1) is 67.6. The van der Waals surface area contributed by atoms with Crippen molar-refractivity contribution < 1.29 is 32.8 Å². The van der Waals surface area contributed by atoms with E-state index < -0.39 is 10.3 Å². The highest BCUT2D eigenvalue weighted by Gasteiger charge is 2.28. The second-order valence-electron chi connectivity index (χ2n) is 22.4. The topological polar surface area (TPSA) is 94.6 Å². The van der Waals surface area contributed by atoms with Gasteiger partial charge in [0.1, 0.15) is 12.7 Å². The highest BCUT2D eigenvalue weighted by atomic mass is 32.3. The van der Waals surface area contributed by atoms with Gasteiger partial charge in [0.2, 0.25) is 0 Å². The molecule has 0 radical (unpaired) electrons. The largest absolute Gasteiger partial charge is 0.466 e. The summed E-state index contributed by atoms with van der Waals surface area (Å²) in [5.41, 5.74) is 0. The Morgan fingerprint density at radius 3 is 1.38 bits per heavy atom. The van der Waals surface area contributed by atoms with Crippen LogP contribution in [0.15, 0.2) is 0 Å². The zero-order valence-corrected chi connectivity index (χ0v) is 48.5. The third-order valence-corrected chi connectivity index (χ3v) is 17.8. The number of ether oxygens (including phenoxy) is 3. The lowest BCUT2D eigenvalue weighted by Gasteiger charge is -2.44. The van der Waals surface area contributed by atoms with Crippen LogP contribution in [0.25, 0.3) is 0 Å².